The first-order valence-corrected chi connectivity index (χ1v) is 6.38. The molecular weight excluding hydrogens is 284 g/mol. The van der Waals surface area contributed by atoms with Crippen LogP contribution in [-0.4, -0.2) is 17.6 Å². The van der Waals surface area contributed by atoms with E-state index in [4.69, 9.17) is 5.11 Å². The Bertz CT molecular complexity index is 701. The Balaban J connectivity index is 2.13. The molecule has 0 saturated heterocycles. The van der Waals surface area contributed by atoms with Crippen molar-refractivity contribution in [1.82, 2.24) is 0 Å². The summed E-state index contributed by atoms with van der Waals surface area (Å²) < 4.78 is 26.1. The summed E-state index contributed by atoms with van der Waals surface area (Å²) in [7, 11) is 0. The molecular formula is C14H9F2NO2S. The van der Waals surface area contributed by atoms with E-state index in [1.807, 2.05) is 0 Å². The summed E-state index contributed by atoms with van der Waals surface area (Å²) in [6, 6.07) is 6.09. The molecule has 0 spiro atoms. The molecule has 20 heavy (non-hydrogen) atoms. The van der Waals surface area contributed by atoms with Gasteiger partial charge in [-0.15, -0.1) is 11.3 Å². The SMILES string of the molecule is O=C(Nc1ccc(F)cc1F)c1ccc(C#CCO)s1. The molecule has 0 bridgehead atoms. The second-order valence-electron chi connectivity index (χ2n) is 3.70. The van der Waals surface area contributed by atoms with E-state index < -0.39 is 17.5 Å². The fourth-order valence-electron chi connectivity index (χ4n) is 1.43. The van der Waals surface area contributed by atoms with Crippen LogP contribution in [0.15, 0.2) is 30.3 Å². The molecule has 0 atom stereocenters. The minimum atomic E-state index is -0.838. The molecule has 2 N–H and O–H groups in total. The molecule has 1 heterocycles. The van der Waals surface area contributed by atoms with Crippen LogP contribution in [0, 0.1) is 23.5 Å². The molecule has 1 aromatic carbocycles. The van der Waals surface area contributed by atoms with Gasteiger partial charge in [0.25, 0.3) is 5.91 Å². The lowest BCUT2D eigenvalue weighted by atomic mass is 10.3. The molecule has 1 amide bonds. The highest BCUT2D eigenvalue weighted by molar-refractivity contribution is 7.14. The topological polar surface area (TPSA) is 49.3 Å². The average Bonchev–Trinajstić information content (AvgIpc) is 2.88. The normalized spacial score (nSPS) is 9.75. The molecule has 6 heteroatoms. The van der Waals surface area contributed by atoms with Crippen LogP contribution in [0.1, 0.15) is 14.5 Å². The number of hydrogen-bond acceptors (Lipinski definition) is 3. The van der Waals surface area contributed by atoms with Crippen molar-refractivity contribution >= 4 is 22.9 Å². The van der Waals surface area contributed by atoms with E-state index in [9.17, 15) is 13.6 Å². The predicted octanol–water partition coefficient (Wildman–Crippen LogP) is 2.62. The van der Waals surface area contributed by atoms with Gasteiger partial charge in [-0.1, -0.05) is 11.8 Å². The third-order valence-electron chi connectivity index (χ3n) is 2.30. The predicted molar refractivity (Wildman–Crippen MR) is 72.6 cm³/mol. The molecule has 2 rings (SSSR count). The molecule has 0 unspecified atom stereocenters. The Labute approximate surface area is 117 Å². The number of thiophene rings is 1. The molecule has 3 nitrogen and oxygen atoms in total. The number of hydrogen-bond donors (Lipinski definition) is 2. The van der Waals surface area contributed by atoms with E-state index in [1.165, 1.54) is 0 Å². The number of carbonyl (C=O) groups excluding carboxylic acids is 1. The summed E-state index contributed by atoms with van der Waals surface area (Å²) in [4.78, 5) is 12.8. The van der Waals surface area contributed by atoms with Crippen molar-refractivity contribution in [3.8, 4) is 11.8 Å². The number of carbonyl (C=O) groups is 1. The molecule has 2 aromatic rings. The van der Waals surface area contributed by atoms with Gasteiger partial charge in [0.1, 0.15) is 18.2 Å². The number of benzene rings is 1. The molecule has 102 valence electrons. The first kappa shape index (κ1) is 14.2. The van der Waals surface area contributed by atoms with Gasteiger partial charge in [0, 0.05) is 6.07 Å². The maximum atomic E-state index is 13.4. The average molecular weight is 293 g/mol. The van der Waals surface area contributed by atoms with Crippen LogP contribution in [-0.2, 0) is 0 Å². The summed E-state index contributed by atoms with van der Waals surface area (Å²) in [5.41, 5.74) is -0.0900. The third-order valence-corrected chi connectivity index (χ3v) is 3.30. The molecule has 0 aliphatic carbocycles. The van der Waals surface area contributed by atoms with Gasteiger partial charge in [-0.2, -0.15) is 0 Å². The van der Waals surface area contributed by atoms with Gasteiger partial charge in [-0.05, 0) is 24.3 Å². The Morgan fingerprint density at radius 1 is 1.30 bits per heavy atom. The summed E-state index contributed by atoms with van der Waals surface area (Å²) >= 11 is 1.12. The summed E-state index contributed by atoms with van der Waals surface area (Å²) in [5, 5.41) is 10.9. The second kappa shape index (κ2) is 6.28. The highest BCUT2D eigenvalue weighted by Gasteiger charge is 2.12. The van der Waals surface area contributed by atoms with Crippen molar-refractivity contribution in [3.05, 3.63) is 51.7 Å². The van der Waals surface area contributed by atoms with Gasteiger partial charge in [0.15, 0.2) is 0 Å². The Morgan fingerprint density at radius 3 is 2.80 bits per heavy atom. The zero-order valence-corrected chi connectivity index (χ0v) is 10.9. The number of nitrogens with one attached hydrogen (secondary N) is 1. The van der Waals surface area contributed by atoms with Gasteiger partial charge < -0.3 is 10.4 Å². The number of halogens is 2. The Morgan fingerprint density at radius 2 is 2.10 bits per heavy atom. The van der Waals surface area contributed by atoms with E-state index >= 15 is 0 Å². The lowest BCUT2D eigenvalue weighted by Crippen LogP contribution is -2.11. The van der Waals surface area contributed by atoms with Crippen LogP contribution in [0.2, 0.25) is 0 Å². The van der Waals surface area contributed by atoms with Crippen molar-refractivity contribution in [2.24, 2.45) is 0 Å². The lowest BCUT2D eigenvalue weighted by Gasteiger charge is -2.04. The fraction of sp³-hybridized carbons (Fsp3) is 0.0714. The van der Waals surface area contributed by atoms with Crippen LogP contribution < -0.4 is 5.32 Å². The van der Waals surface area contributed by atoms with Crippen LogP contribution in [0.3, 0.4) is 0 Å². The molecule has 0 saturated carbocycles. The van der Waals surface area contributed by atoms with E-state index in [2.05, 4.69) is 17.2 Å². The number of rotatable bonds is 2. The van der Waals surface area contributed by atoms with Crippen LogP contribution in [0.5, 0.6) is 0 Å². The number of anilines is 1. The van der Waals surface area contributed by atoms with Crippen molar-refractivity contribution in [2.45, 2.75) is 0 Å². The van der Waals surface area contributed by atoms with Crippen LogP contribution in [0.4, 0.5) is 14.5 Å². The van der Waals surface area contributed by atoms with Crippen molar-refractivity contribution in [2.75, 3.05) is 11.9 Å². The van der Waals surface area contributed by atoms with E-state index in [-0.39, 0.29) is 12.3 Å². The molecule has 1 aromatic heterocycles. The molecule has 0 fully saturated rings. The molecule has 0 aliphatic rings. The zero-order chi connectivity index (χ0) is 14.5. The maximum absolute atomic E-state index is 13.4. The largest absolute Gasteiger partial charge is 0.384 e. The van der Waals surface area contributed by atoms with E-state index in [0.717, 1.165) is 23.5 Å². The minimum absolute atomic E-state index is 0.0900. The monoisotopic (exact) mass is 293 g/mol. The molecule has 0 aliphatic heterocycles. The van der Waals surface area contributed by atoms with Crippen LogP contribution >= 0.6 is 11.3 Å². The van der Waals surface area contributed by atoms with Crippen molar-refractivity contribution in [1.29, 1.82) is 0 Å². The first-order valence-electron chi connectivity index (χ1n) is 5.56. The highest BCUT2D eigenvalue weighted by atomic mass is 32.1. The van der Waals surface area contributed by atoms with Crippen molar-refractivity contribution in [3.63, 3.8) is 0 Å². The minimum Gasteiger partial charge on any atom is -0.384 e. The van der Waals surface area contributed by atoms with Crippen molar-refractivity contribution < 1.29 is 18.7 Å². The number of amides is 1. The van der Waals surface area contributed by atoms with E-state index in [0.29, 0.717) is 15.8 Å². The smallest absolute Gasteiger partial charge is 0.265 e. The van der Waals surface area contributed by atoms with Gasteiger partial charge in [-0.3, -0.25) is 4.79 Å². The second-order valence-corrected chi connectivity index (χ2v) is 4.79. The standard InChI is InChI=1S/C14H9F2NO2S/c15-9-3-5-12(11(16)8-9)17-14(19)13-6-4-10(20-13)2-1-7-18/h3-6,8,18H,7H2,(H,17,19). The zero-order valence-electron chi connectivity index (χ0n) is 10.1. The quantitative estimate of drug-likeness (QED) is 0.836. The Kier molecular flexibility index (Phi) is 4.45. The lowest BCUT2D eigenvalue weighted by molar-refractivity contribution is 0.103. The first-order chi connectivity index (χ1) is 9.60. The maximum Gasteiger partial charge on any atom is 0.265 e. The fourth-order valence-corrected chi connectivity index (χ4v) is 2.20. The number of aliphatic hydroxyl groups excluding tert-OH is 1. The van der Waals surface area contributed by atoms with Gasteiger partial charge in [0.05, 0.1) is 15.4 Å². The Hall–Kier alpha value is -2.23. The highest BCUT2D eigenvalue weighted by Crippen LogP contribution is 2.19. The summed E-state index contributed by atoms with van der Waals surface area (Å²) in [6.07, 6.45) is 0. The summed E-state index contributed by atoms with van der Waals surface area (Å²) in [5.74, 6) is 3.08. The van der Waals surface area contributed by atoms with E-state index in [1.54, 1.807) is 12.1 Å². The van der Waals surface area contributed by atoms with Gasteiger partial charge >= 0.3 is 0 Å². The van der Waals surface area contributed by atoms with Gasteiger partial charge in [-0.25, -0.2) is 8.78 Å². The molecule has 0 radical (unpaired) electrons. The summed E-state index contributed by atoms with van der Waals surface area (Å²) in [6.45, 7) is -0.264. The number of aliphatic hydroxyl groups is 1. The van der Waals surface area contributed by atoms with Crippen LogP contribution in [0.25, 0.3) is 0 Å². The third kappa shape index (κ3) is 3.41. The van der Waals surface area contributed by atoms with Gasteiger partial charge in [0.2, 0.25) is 0 Å².